The molecule has 1 aliphatic heterocycles. The molecule has 0 unspecified atom stereocenters. The monoisotopic (exact) mass is 485 g/mol. The summed E-state index contributed by atoms with van der Waals surface area (Å²) < 4.78 is 0. The SMILES string of the molecule is N=C(N)c1ccc(CNC(=O)c2ccc3c(c2)N[C@H](CCO)C(=O)N(CCc2ccccc2)C3)cc1. The summed E-state index contributed by atoms with van der Waals surface area (Å²) in [6.45, 7) is 1.21. The van der Waals surface area contributed by atoms with Gasteiger partial charge in [-0.05, 0) is 41.7 Å². The van der Waals surface area contributed by atoms with E-state index >= 15 is 0 Å². The Labute approximate surface area is 210 Å². The van der Waals surface area contributed by atoms with Gasteiger partial charge in [0.15, 0.2) is 0 Å². The highest BCUT2D eigenvalue weighted by atomic mass is 16.3. The van der Waals surface area contributed by atoms with E-state index in [2.05, 4.69) is 10.6 Å². The van der Waals surface area contributed by atoms with Crippen molar-refractivity contribution in [2.75, 3.05) is 18.5 Å². The highest BCUT2D eigenvalue weighted by molar-refractivity contribution is 5.96. The number of nitrogen functional groups attached to an aromatic ring is 1. The molecule has 6 N–H and O–H groups in total. The summed E-state index contributed by atoms with van der Waals surface area (Å²) in [6, 6.07) is 22.0. The van der Waals surface area contributed by atoms with E-state index in [1.165, 1.54) is 0 Å². The van der Waals surface area contributed by atoms with Crippen LogP contribution in [0.5, 0.6) is 0 Å². The van der Waals surface area contributed by atoms with Crippen molar-refractivity contribution in [3.05, 3.63) is 101 Å². The van der Waals surface area contributed by atoms with Gasteiger partial charge >= 0.3 is 0 Å². The molecule has 8 nitrogen and oxygen atoms in total. The molecule has 4 rings (SSSR count). The number of carbonyl (C=O) groups excluding carboxylic acids is 2. The van der Waals surface area contributed by atoms with Crippen LogP contribution in [0.1, 0.15) is 39.0 Å². The van der Waals surface area contributed by atoms with Crippen LogP contribution in [0.3, 0.4) is 0 Å². The van der Waals surface area contributed by atoms with Gasteiger partial charge in [-0.1, -0.05) is 60.7 Å². The molecule has 0 spiro atoms. The Hall–Kier alpha value is -4.17. The molecule has 0 radical (unpaired) electrons. The van der Waals surface area contributed by atoms with E-state index in [0.717, 1.165) is 28.8 Å². The molecule has 1 atom stereocenters. The van der Waals surface area contributed by atoms with Gasteiger partial charge in [-0.3, -0.25) is 15.0 Å². The summed E-state index contributed by atoms with van der Waals surface area (Å²) >= 11 is 0. The number of hydrogen-bond donors (Lipinski definition) is 5. The summed E-state index contributed by atoms with van der Waals surface area (Å²) in [4.78, 5) is 27.9. The molecule has 1 aliphatic rings. The largest absolute Gasteiger partial charge is 0.396 e. The van der Waals surface area contributed by atoms with E-state index in [1.54, 1.807) is 24.3 Å². The van der Waals surface area contributed by atoms with Gasteiger partial charge in [0, 0.05) is 43.1 Å². The first-order valence-corrected chi connectivity index (χ1v) is 12.0. The number of amides is 2. The zero-order valence-corrected chi connectivity index (χ0v) is 20.0. The molecule has 0 aromatic heterocycles. The van der Waals surface area contributed by atoms with Crippen molar-refractivity contribution in [2.24, 2.45) is 5.73 Å². The zero-order chi connectivity index (χ0) is 25.5. The minimum Gasteiger partial charge on any atom is -0.396 e. The molecular formula is C28H31N5O3. The second kappa shape index (κ2) is 11.5. The normalized spacial score (nSPS) is 15.0. The van der Waals surface area contributed by atoms with Crippen LogP contribution in [0.15, 0.2) is 72.8 Å². The minimum atomic E-state index is -0.565. The Bertz CT molecular complexity index is 1230. The van der Waals surface area contributed by atoms with Gasteiger partial charge in [0.25, 0.3) is 5.91 Å². The molecule has 36 heavy (non-hydrogen) atoms. The molecule has 0 saturated heterocycles. The second-order valence-electron chi connectivity index (χ2n) is 8.87. The van der Waals surface area contributed by atoms with Gasteiger partial charge in [0.1, 0.15) is 11.9 Å². The summed E-state index contributed by atoms with van der Waals surface area (Å²) in [5.41, 5.74) is 10.3. The van der Waals surface area contributed by atoms with Crippen molar-refractivity contribution in [3.8, 4) is 0 Å². The highest BCUT2D eigenvalue weighted by Crippen LogP contribution is 2.26. The van der Waals surface area contributed by atoms with Crippen molar-refractivity contribution in [1.82, 2.24) is 10.2 Å². The molecule has 186 valence electrons. The second-order valence-corrected chi connectivity index (χ2v) is 8.87. The van der Waals surface area contributed by atoms with E-state index in [0.29, 0.717) is 30.8 Å². The molecule has 0 saturated carbocycles. The molecule has 3 aromatic rings. The zero-order valence-electron chi connectivity index (χ0n) is 20.0. The summed E-state index contributed by atoms with van der Waals surface area (Å²) in [7, 11) is 0. The lowest BCUT2D eigenvalue weighted by molar-refractivity contribution is -0.132. The van der Waals surface area contributed by atoms with Gasteiger partial charge in [-0.25, -0.2) is 0 Å². The van der Waals surface area contributed by atoms with Crippen LogP contribution in [0.2, 0.25) is 0 Å². The molecule has 0 fully saturated rings. The third kappa shape index (κ3) is 6.09. The fourth-order valence-corrected chi connectivity index (χ4v) is 4.25. The summed E-state index contributed by atoms with van der Waals surface area (Å²) in [5.74, 6) is -0.290. The van der Waals surface area contributed by atoms with Crippen LogP contribution in [-0.2, 0) is 24.3 Å². The molecule has 0 bridgehead atoms. The number of nitrogens with one attached hydrogen (secondary N) is 3. The third-order valence-corrected chi connectivity index (χ3v) is 6.32. The maximum atomic E-state index is 13.2. The van der Waals surface area contributed by atoms with Crippen LogP contribution in [0, 0.1) is 5.41 Å². The van der Waals surface area contributed by atoms with Gasteiger partial charge in [0.05, 0.1) is 0 Å². The Morgan fingerprint density at radius 1 is 1.06 bits per heavy atom. The lowest BCUT2D eigenvalue weighted by Crippen LogP contribution is -2.41. The lowest BCUT2D eigenvalue weighted by Gasteiger charge is -2.24. The van der Waals surface area contributed by atoms with E-state index in [4.69, 9.17) is 11.1 Å². The predicted molar refractivity (Wildman–Crippen MR) is 140 cm³/mol. The number of aliphatic hydroxyl groups excluding tert-OH is 1. The maximum absolute atomic E-state index is 13.2. The number of fused-ring (bicyclic) bond motifs is 1. The number of aliphatic hydroxyl groups is 1. The van der Waals surface area contributed by atoms with E-state index in [1.807, 2.05) is 53.4 Å². The van der Waals surface area contributed by atoms with Crippen LogP contribution in [0.4, 0.5) is 5.69 Å². The Morgan fingerprint density at radius 3 is 2.47 bits per heavy atom. The van der Waals surface area contributed by atoms with Gasteiger partial charge in [-0.15, -0.1) is 0 Å². The van der Waals surface area contributed by atoms with Crippen LogP contribution in [0.25, 0.3) is 0 Å². The van der Waals surface area contributed by atoms with Crippen molar-refractivity contribution in [3.63, 3.8) is 0 Å². The van der Waals surface area contributed by atoms with E-state index in [-0.39, 0.29) is 30.7 Å². The topological polar surface area (TPSA) is 132 Å². The number of nitrogens with two attached hydrogens (primary N) is 1. The summed E-state index contributed by atoms with van der Waals surface area (Å²) in [6.07, 6.45) is 1.02. The van der Waals surface area contributed by atoms with Crippen molar-refractivity contribution in [2.45, 2.75) is 32.0 Å². The lowest BCUT2D eigenvalue weighted by atomic mass is 10.1. The number of carbonyl (C=O) groups is 2. The molecule has 0 aliphatic carbocycles. The Morgan fingerprint density at radius 2 is 1.78 bits per heavy atom. The predicted octanol–water partition coefficient (Wildman–Crippen LogP) is 2.65. The first kappa shape index (κ1) is 24.9. The Balaban J connectivity index is 1.46. The van der Waals surface area contributed by atoms with E-state index < -0.39 is 6.04 Å². The average molecular weight is 486 g/mol. The van der Waals surface area contributed by atoms with E-state index in [9.17, 15) is 14.7 Å². The van der Waals surface area contributed by atoms with Gasteiger partial charge < -0.3 is 26.4 Å². The smallest absolute Gasteiger partial charge is 0.251 e. The molecule has 8 heteroatoms. The van der Waals surface area contributed by atoms with Crippen molar-refractivity contribution in [1.29, 1.82) is 5.41 Å². The number of nitrogens with zero attached hydrogens (tertiary/aromatic N) is 1. The molecular weight excluding hydrogens is 454 g/mol. The standard InChI is InChI=1S/C28H31N5O3/c29-26(30)21-8-6-20(7-9-21)17-31-27(35)22-10-11-23-18-33(14-12-19-4-2-1-3-5-19)28(36)24(13-15-34)32-25(23)16-22/h1-11,16,24,32,34H,12-15,17-18H2,(H3,29,30)(H,31,35)/t24-/m1/s1. The van der Waals surface area contributed by atoms with Crippen LogP contribution >= 0.6 is 0 Å². The Kier molecular flexibility index (Phi) is 7.97. The molecule has 1 heterocycles. The number of hydrogen-bond acceptors (Lipinski definition) is 5. The number of benzene rings is 3. The number of anilines is 1. The van der Waals surface area contributed by atoms with Crippen LogP contribution < -0.4 is 16.4 Å². The van der Waals surface area contributed by atoms with Crippen LogP contribution in [-0.4, -0.2) is 46.8 Å². The first-order valence-electron chi connectivity index (χ1n) is 12.0. The summed E-state index contributed by atoms with van der Waals surface area (Å²) in [5, 5.41) is 23.2. The van der Waals surface area contributed by atoms with Crippen molar-refractivity contribution < 1.29 is 14.7 Å². The maximum Gasteiger partial charge on any atom is 0.251 e. The van der Waals surface area contributed by atoms with Gasteiger partial charge in [-0.2, -0.15) is 0 Å². The quantitative estimate of drug-likeness (QED) is 0.235. The fraction of sp³-hybridized carbons (Fsp3) is 0.250. The van der Waals surface area contributed by atoms with Gasteiger partial charge in [0.2, 0.25) is 5.91 Å². The third-order valence-electron chi connectivity index (χ3n) is 6.32. The minimum absolute atomic E-state index is 0.000298. The number of amidine groups is 1. The number of rotatable bonds is 9. The average Bonchev–Trinajstić information content (AvgIpc) is 3.02. The first-order chi connectivity index (χ1) is 17.4. The molecule has 3 aromatic carbocycles. The fourth-order valence-electron chi connectivity index (χ4n) is 4.25. The molecule has 2 amide bonds. The van der Waals surface area contributed by atoms with Crippen molar-refractivity contribution >= 4 is 23.3 Å². The highest BCUT2D eigenvalue weighted by Gasteiger charge is 2.29.